The average Bonchev–Trinajstić information content (AvgIpc) is 2.58. The number of carbonyl (C=O) groups excluding carboxylic acids is 1. The number of benzene rings is 1. The number of hydrogen-bond donors (Lipinski definition) is 3. The van der Waals surface area contributed by atoms with Crippen molar-refractivity contribution in [3.05, 3.63) is 47.4 Å². The number of rotatable bonds is 2. The highest BCUT2D eigenvalue weighted by Gasteiger charge is 2.14. The first-order valence-electron chi connectivity index (χ1n) is 7.28. The van der Waals surface area contributed by atoms with E-state index in [4.69, 9.17) is 17.3 Å². The van der Waals surface area contributed by atoms with Crippen molar-refractivity contribution < 1.29 is 4.79 Å². The molecule has 0 saturated heterocycles. The third-order valence-corrected chi connectivity index (χ3v) is 4.19. The molecule has 3 aromatic rings. The third-order valence-electron chi connectivity index (χ3n) is 3.79. The number of aromatic nitrogens is 2. The number of urea groups is 1. The van der Waals surface area contributed by atoms with Crippen LogP contribution in [0.25, 0.3) is 21.9 Å². The van der Waals surface area contributed by atoms with E-state index in [2.05, 4.69) is 20.6 Å². The van der Waals surface area contributed by atoms with Gasteiger partial charge in [-0.25, -0.2) is 9.78 Å². The molecule has 0 aliphatic carbocycles. The smallest absolute Gasteiger partial charge is 0.320 e. The molecular formula is C17H16ClN5O. The number of fused-ring (bicyclic) bond motifs is 1. The van der Waals surface area contributed by atoms with Gasteiger partial charge in [0.15, 0.2) is 0 Å². The first-order valence-corrected chi connectivity index (χ1v) is 7.66. The van der Waals surface area contributed by atoms with Crippen LogP contribution >= 0.6 is 11.6 Å². The van der Waals surface area contributed by atoms with E-state index < -0.39 is 0 Å². The van der Waals surface area contributed by atoms with Crippen molar-refractivity contribution in [1.29, 1.82) is 0 Å². The summed E-state index contributed by atoms with van der Waals surface area (Å²) in [5.41, 5.74) is 9.49. The van der Waals surface area contributed by atoms with Crippen LogP contribution in [0.2, 0.25) is 5.02 Å². The molecule has 0 bridgehead atoms. The number of nitrogens with zero attached hydrogens (tertiary/aromatic N) is 2. The number of nitrogens with two attached hydrogens (primary N) is 1. The zero-order chi connectivity index (χ0) is 17.3. The highest BCUT2D eigenvalue weighted by molar-refractivity contribution is 6.39. The summed E-state index contributed by atoms with van der Waals surface area (Å²) in [5, 5.41) is 7.09. The molecule has 2 heterocycles. The molecule has 0 radical (unpaired) electrons. The Balaban J connectivity index is 2.21. The minimum Gasteiger partial charge on any atom is -0.398 e. The summed E-state index contributed by atoms with van der Waals surface area (Å²) in [5.74, 6) is 0.392. The monoisotopic (exact) mass is 341 g/mol. The van der Waals surface area contributed by atoms with Crippen molar-refractivity contribution in [1.82, 2.24) is 15.3 Å². The van der Waals surface area contributed by atoms with E-state index in [0.717, 1.165) is 27.5 Å². The van der Waals surface area contributed by atoms with Gasteiger partial charge in [0, 0.05) is 53.2 Å². The minimum atomic E-state index is -0.356. The van der Waals surface area contributed by atoms with Crippen LogP contribution in [0.5, 0.6) is 0 Å². The number of aryl methyl sites for hydroxylation is 1. The number of halogens is 1. The van der Waals surface area contributed by atoms with Gasteiger partial charge in [0.1, 0.15) is 5.82 Å². The lowest BCUT2D eigenvalue weighted by molar-refractivity contribution is 0.254. The summed E-state index contributed by atoms with van der Waals surface area (Å²) >= 11 is 6.62. The number of carbonyl (C=O) groups is 1. The van der Waals surface area contributed by atoms with Gasteiger partial charge in [-0.2, -0.15) is 0 Å². The summed E-state index contributed by atoms with van der Waals surface area (Å²) in [6, 6.07) is 5.09. The van der Waals surface area contributed by atoms with Crippen LogP contribution in [0.3, 0.4) is 0 Å². The van der Waals surface area contributed by atoms with Gasteiger partial charge in [0.25, 0.3) is 0 Å². The summed E-state index contributed by atoms with van der Waals surface area (Å²) in [4.78, 5) is 19.8. The van der Waals surface area contributed by atoms with Gasteiger partial charge >= 0.3 is 6.03 Å². The maximum atomic E-state index is 11.5. The Bertz CT molecular complexity index is 942. The van der Waals surface area contributed by atoms with Gasteiger partial charge in [0.05, 0.1) is 5.02 Å². The van der Waals surface area contributed by atoms with E-state index in [0.29, 0.717) is 16.5 Å². The summed E-state index contributed by atoms with van der Waals surface area (Å²) < 4.78 is 0. The second kappa shape index (κ2) is 6.33. The summed E-state index contributed by atoms with van der Waals surface area (Å²) in [6.45, 7) is 1.98. The Hall–Kier alpha value is -2.86. The van der Waals surface area contributed by atoms with Crippen LogP contribution in [0.15, 0.2) is 36.8 Å². The first kappa shape index (κ1) is 16.0. The van der Waals surface area contributed by atoms with E-state index in [1.807, 2.05) is 19.1 Å². The Morgan fingerprint density at radius 1 is 1.21 bits per heavy atom. The van der Waals surface area contributed by atoms with Gasteiger partial charge in [-0.3, -0.25) is 10.3 Å². The fourth-order valence-electron chi connectivity index (χ4n) is 2.50. The van der Waals surface area contributed by atoms with Crippen molar-refractivity contribution >= 4 is 39.9 Å². The van der Waals surface area contributed by atoms with Crippen LogP contribution in [-0.2, 0) is 0 Å². The van der Waals surface area contributed by atoms with Gasteiger partial charge in [-0.1, -0.05) is 11.6 Å². The van der Waals surface area contributed by atoms with E-state index >= 15 is 0 Å². The molecule has 6 nitrogen and oxygen atoms in total. The largest absolute Gasteiger partial charge is 0.398 e. The SMILES string of the molecule is CNC(=O)Nc1cc2c(Cl)c(-c3cnccc3C)cc(N)c2cn1. The molecule has 24 heavy (non-hydrogen) atoms. The molecule has 3 rings (SSSR count). The number of anilines is 2. The summed E-state index contributed by atoms with van der Waals surface area (Å²) in [6.07, 6.45) is 5.08. The van der Waals surface area contributed by atoms with Crippen LogP contribution < -0.4 is 16.4 Å². The Morgan fingerprint density at radius 2 is 2.00 bits per heavy atom. The van der Waals surface area contributed by atoms with Gasteiger partial charge in [-0.05, 0) is 30.7 Å². The van der Waals surface area contributed by atoms with Gasteiger partial charge in [0.2, 0.25) is 0 Å². The highest BCUT2D eigenvalue weighted by Crippen LogP contribution is 2.39. The van der Waals surface area contributed by atoms with Crippen LogP contribution in [0.4, 0.5) is 16.3 Å². The van der Waals surface area contributed by atoms with Crippen LogP contribution in [0, 0.1) is 6.92 Å². The molecule has 122 valence electrons. The average molecular weight is 342 g/mol. The van der Waals surface area contributed by atoms with Crippen molar-refractivity contribution in [2.75, 3.05) is 18.1 Å². The number of nitrogen functional groups attached to an aromatic ring is 1. The van der Waals surface area contributed by atoms with E-state index in [1.54, 1.807) is 24.7 Å². The Labute approximate surface area is 144 Å². The van der Waals surface area contributed by atoms with Gasteiger partial charge in [-0.15, -0.1) is 0 Å². The maximum Gasteiger partial charge on any atom is 0.320 e. The molecule has 0 spiro atoms. The van der Waals surface area contributed by atoms with Crippen molar-refractivity contribution in [3.8, 4) is 11.1 Å². The summed E-state index contributed by atoms with van der Waals surface area (Å²) in [7, 11) is 1.53. The normalized spacial score (nSPS) is 10.6. The number of hydrogen-bond acceptors (Lipinski definition) is 4. The maximum absolute atomic E-state index is 11.5. The predicted molar refractivity (Wildman–Crippen MR) is 97.2 cm³/mol. The lowest BCUT2D eigenvalue weighted by Gasteiger charge is -2.13. The second-order valence-electron chi connectivity index (χ2n) is 5.34. The highest BCUT2D eigenvalue weighted by atomic mass is 35.5. The molecule has 4 N–H and O–H groups in total. The number of pyridine rings is 2. The third kappa shape index (κ3) is 2.83. The van der Waals surface area contributed by atoms with Crippen LogP contribution in [0.1, 0.15) is 5.56 Å². The standard InChI is InChI=1S/C17H16ClN5O/c1-9-3-4-21-7-12(9)10-5-14(19)13-8-22-15(23-17(24)20-2)6-11(13)16(10)18/h3-8H,19H2,1-2H3,(H2,20,22,23,24). The molecule has 0 atom stereocenters. The van der Waals surface area contributed by atoms with Crippen molar-refractivity contribution in [3.63, 3.8) is 0 Å². The fourth-order valence-corrected chi connectivity index (χ4v) is 2.81. The molecule has 2 aromatic heterocycles. The molecule has 2 amide bonds. The molecule has 7 heteroatoms. The topological polar surface area (TPSA) is 92.9 Å². The molecule has 1 aromatic carbocycles. The lowest BCUT2D eigenvalue weighted by Crippen LogP contribution is -2.24. The zero-order valence-electron chi connectivity index (χ0n) is 13.2. The first-order chi connectivity index (χ1) is 11.5. The zero-order valence-corrected chi connectivity index (χ0v) is 14.0. The molecule has 0 unspecified atom stereocenters. The van der Waals surface area contributed by atoms with Crippen LogP contribution in [-0.4, -0.2) is 23.0 Å². The second-order valence-corrected chi connectivity index (χ2v) is 5.72. The lowest BCUT2D eigenvalue weighted by atomic mass is 9.99. The van der Waals surface area contributed by atoms with Gasteiger partial charge < -0.3 is 11.1 Å². The number of nitrogens with one attached hydrogen (secondary N) is 2. The molecule has 0 fully saturated rings. The molecule has 0 saturated carbocycles. The van der Waals surface area contributed by atoms with E-state index in [9.17, 15) is 4.79 Å². The fraction of sp³-hybridized carbons (Fsp3) is 0.118. The quantitative estimate of drug-likeness (QED) is 0.621. The van der Waals surface area contributed by atoms with E-state index in [-0.39, 0.29) is 6.03 Å². The Kier molecular flexibility index (Phi) is 4.22. The number of amides is 2. The Morgan fingerprint density at radius 3 is 2.71 bits per heavy atom. The molecular weight excluding hydrogens is 326 g/mol. The minimum absolute atomic E-state index is 0.356. The molecule has 0 aliphatic rings. The van der Waals surface area contributed by atoms with Crippen molar-refractivity contribution in [2.45, 2.75) is 6.92 Å². The van der Waals surface area contributed by atoms with Crippen molar-refractivity contribution in [2.24, 2.45) is 0 Å². The molecule has 0 aliphatic heterocycles. The predicted octanol–water partition coefficient (Wildman–Crippen LogP) is 3.59. The van der Waals surface area contributed by atoms with E-state index in [1.165, 1.54) is 7.05 Å².